The molecule has 0 aromatic heterocycles. The molecular weight excluding hydrogens is 322 g/mol. The van der Waals surface area contributed by atoms with Crippen LogP contribution in [0.2, 0.25) is 0 Å². The van der Waals surface area contributed by atoms with Gasteiger partial charge in [-0.25, -0.2) is 0 Å². The smallest absolute Gasteiger partial charge is 0.325 e. The van der Waals surface area contributed by atoms with E-state index in [-0.39, 0.29) is 19.6 Å². The monoisotopic (exact) mass is 343 g/mol. The number of aliphatic hydroxyl groups excluding tert-OH is 1. The highest BCUT2D eigenvalue weighted by molar-refractivity contribution is 5.78. The van der Waals surface area contributed by atoms with Crippen molar-refractivity contribution in [2.75, 3.05) is 0 Å². The fraction of sp³-hybridized carbons (Fsp3) is 0.263. The molecule has 2 aromatic rings. The first-order chi connectivity index (χ1) is 12.1. The summed E-state index contributed by atoms with van der Waals surface area (Å²) in [6.45, 7) is 0.151. The van der Waals surface area contributed by atoms with Gasteiger partial charge in [-0.05, 0) is 11.1 Å². The Morgan fingerprint density at radius 2 is 1.36 bits per heavy atom. The van der Waals surface area contributed by atoms with Crippen LogP contribution in [0.5, 0.6) is 0 Å². The van der Waals surface area contributed by atoms with Crippen molar-refractivity contribution in [2.24, 2.45) is 5.73 Å². The molecule has 0 saturated carbocycles. The lowest BCUT2D eigenvalue weighted by Crippen LogP contribution is -2.44. The summed E-state index contributed by atoms with van der Waals surface area (Å²) in [6, 6.07) is 16.9. The standard InChI is InChI=1S/C19H21NO5/c20-18(19(23)25-13-15-9-5-2-6-10-15)16(21)11-17(22)24-12-14-7-3-1-4-8-14/h1-10,16,18,21H,11-13,20H2. The topological polar surface area (TPSA) is 98.9 Å². The third-order valence-electron chi connectivity index (χ3n) is 3.53. The van der Waals surface area contributed by atoms with Crippen molar-refractivity contribution in [2.45, 2.75) is 31.8 Å². The lowest BCUT2D eigenvalue weighted by molar-refractivity contribution is -0.152. The second kappa shape index (κ2) is 9.56. The van der Waals surface area contributed by atoms with Gasteiger partial charge in [-0.15, -0.1) is 0 Å². The Morgan fingerprint density at radius 1 is 0.880 bits per heavy atom. The number of aliphatic hydroxyl groups is 1. The molecule has 0 heterocycles. The summed E-state index contributed by atoms with van der Waals surface area (Å²) in [7, 11) is 0. The van der Waals surface area contributed by atoms with Gasteiger partial charge in [0.05, 0.1) is 12.5 Å². The summed E-state index contributed by atoms with van der Waals surface area (Å²) in [5, 5.41) is 9.93. The van der Waals surface area contributed by atoms with Crippen molar-refractivity contribution in [1.29, 1.82) is 0 Å². The van der Waals surface area contributed by atoms with Crippen molar-refractivity contribution < 1.29 is 24.2 Å². The minimum absolute atomic E-state index is 0.0541. The first-order valence-corrected chi connectivity index (χ1v) is 7.90. The van der Waals surface area contributed by atoms with Crippen LogP contribution < -0.4 is 5.73 Å². The molecule has 0 spiro atoms. The number of nitrogens with two attached hydrogens (primary N) is 1. The highest BCUT2D eigenvalue weighted by atomic mass is 16.5. The largest absolute Gasteiger partial charge is 0.461 e. The Labute approximate surface area is 146 Å². The molecule has 0 aliphatic rings. The van der Waals surface area contributed by atoms with Crippen molar-refractivity contribution in [3.05, 3.63) is 71.8 Å². The molecule has 0 fully saturated rings. The lowest BCUT2D eigenvalue weighted by Gasteiger charge is -2.17. The minimum Gasteiger partial charge on any atom is -0.461 e. The number of hydrogen-bond donors (Lipinski definition) is 2. The van der Waals surface area contributed by atoms with E-state index in [9.17, 15) is 14.7 Å². The molecule has 25 heavy (non-hydrogen) atoms. The Balaban J connectivity index is 1.73. The van der Waals surface area contributed by atoms with Gasteiger partial charge in [-0.2, -0.15) is 0 Å². The van der Waals surface area contributed by atoms with Gasteiger partial charge in [0.2, 0.25) is 0 Å². The highest BCUT2D eigenvalue weighted by Crippen LogP contribution is 2.07. The van der Waals surface area contributed by atoms with Gasteiger partial charge in [0.15, 0.2) is 0 Å². The van der Waals surface area contributed by atoms with Gasteiger partial charge in [-0.3, -0.25) is 9.59 Å². The molecule has 2 unspecified atom stereocenters. The molecule has 0 aliphatic carbocycles. The second-order valence-corrected chi connectivity index (χ2v) is 5.54. The summed E-state index contributed by atoms with van der Waals surface area (Å²) in [5.41, 5.74) is 7.28. The van der Waals surface area contributed by atoms with Crippen LogP contribution in [0.25, 0.3) is 0 Å². The van der Waals surface area contributed by atoms with Crippen LogP contribution in [0.1, 0.15) is 17.5 Å². The molecule has 0 amide bonds. The van der Waals surface area contributed by atoms with Crippen LogP contribution in [0.4, 0.5) is 0 Å². The zero-order valence-corrected chi connectivity index (χ0v) is 13.7. The summed E-state index contributed by atoms with van der Waals surface area (Å²) >= 11 is 0. The van der Waals surface area contributed by atoms with E-state index in [1.54, 1.807) is 12.1 Å². The summed E-state index contributed by atoms with van der Waals surface area (Å²) in [5.74, 6) is -1.41. The van der Waals surface area contributed by atoms with Gasteiger partial charge in [0.1, 0.15) is 19.3 Å². The number of rotatable bonds is 8. The number of esters is 2. The van der Waals surface area contributed by atoms with Crippen LogP contribution in [0.3, 0.4) is 0 Å². The Kier molecular flexibility index (Phi) is 7.13. The zero-order valence-electron chi connectivity index (χ0n) is 13.7. The average molecular weight is 343 g/mol. The van der Waals surface area contributed by atoms with Crippen molar-refractivity contribution >= 4 is 11.9 Å². The number of carbonyl (C=O) groups is 2. The van der Waals surface area contributed by atoms with E-state index in [1.807, 2.05) is 48.5 Å². The molecule has 0 aliphatic heterocycles. The van der Waals surface area contributed by atoms with E-state index in [4.69, 9.17) is 15.2 Å². The predicted molar refractivity (Wildman–Crippen MR) is 91.1 cm³/mol. The van der Waals surface area contributed by atoms with Gasteiger partial charge < -0.3 is 20.3 Å². The van der Waals surface area contributed by atoms with Crippen LogP contribution in [0, 0.1) is 0 Å². The van der Waals surface area contributed by atoms with Crippen LogP contribution in [-0.2, 0) is 32.3 Å². The van der Waals surface area contributed by atoms with Crippen molar-refractivity contribution in [3.63, 3.8) is 0 Å². The first-order valence-electron chi connectivity index (χ1n) is 7.90. The molecular formula is C19H21NO5. The molecule has 3 N–H and O–H groups in total. The normalized spacial score (nSPS) is 12.9. The fourth-order valence-electron chi connectivity index (χ4n) is 2.08. The minimum atomic E-state index is -1.37. The number of hydrogen-bond acceptors (Lipinski definition) is 6. The Bertz CT molecular complexity index is 675. The number of benzene rings is 2. The Morgan fingerprint density at radius 3 is 1.88 bits per heavy atom. The molecule has 6 nitrogen and oxygen atoms in total. The summed E-state index contributed by atoms with van der Waals surface area (Å²) in [4.78, 5) is 23.6. The van der Waals surface area contributed by atoms with E-state index in [0.717, 1.165) is 11.1 Å². The lowest BCUT2D eigenvalue weighted by atomic mass is 10.1. The molecule has 0 radical (unpaired) electrons. The predicted octanol–water partition coefficient (Wildman–Crippen LogP) is 1.55. The third kappa shape index (κ3) is 6.37. The quantitative estimate of drug-likeness (QED) is 0.706. The molecule has 2 atom stereocenters. The van der Waals surface area contributed by atoms with E-state index in [0.29, 0.717) is 0 Å². The van der Waals surface area contributed by atoms with Gasteiger partial charge in [0.25, 0.3) is 0 Å². The molecule has 0 saturated heterocycles. The fourth-order valence-corrected chi connectivity index (χ4v) is 2.08. The van der Waals surface area contributed by atoms with Crippen molar-refractivity contribution in [1.82, 2.24) is 0 Å². The second-order valence-electron chi connectivity index (χ2n) is 5.54. The summed E-state index contributed by atoms with van der Waals surface area (Å²) < 4.78 is 10.1. The Hall–Kier alpha value is -2.70. The summed E-state index contributed by atoms with van der Waals surface area (Å²) in [6.07, 6.45) is -1.75. The SMILES string of the molecule is NC(C(=O)OCc1ccccc1)C(O)CC(=O)OCc1ccccc1. The van der Waals surface area contributed by atoms with Crippen LogP contribution >= 0.6 is 0 Å². The molecule has 2 aromatic carbocycles. The number of carbonyl (C=O) groups excluding carboxylic acids is 2. The zero-order chi connectivity index (χ0) is 18.1. The van der Waals surface area contributed by atoms with Gasteiger partial charge >= 0.3 is 11.9 Å². The maximum absolute atomic E-state index is 11.9. The maximum atomic E-state index is 11.9. The molecule has 0 bridgehead atoms. The van der Waals surface area contributed by atoms with Crippen LogP contribution in [-0.4, -0.2) is 29.2 Å². The molecule has 132 valence electrons. The molecule has 6 heteroatoms. The first kappa shape index (κ1) is 18.6. The van der Waals surface area contributed by atoms with E-state index in [1.165, 1.54) is 0 Å². The maximum Gasteiger partial charge on any atom is 0.325 e. The van der Waals surface area contributed by atoms with E-state index < -0.39 is 24.1 Å². The van der Waals surface area contributed by atoms with E-state index >= 15 is 0 Å². The van der Waals surface area contributed by atoms with Crippen LogP contribution in [0.15, 0.2) is 60.7 Å². The van der Waals surface area contributed by atoms with Gasteiger partial charge in [0, 0.05) is 0 Å². The number of ether oxygens (including phenoxy) is 2. The average Bonchev–Trinajstić information content (AvgIpc) is 2.65. The highest BCUT2D eigenvalue weighted by Gasteiger charge is 2.27. The molecule has 2 rings (SSSR count). The van der Waals surface area contributed by atoms with Gasteiger partial charge in [-0.1, -0.05) is 60.7 Å². The van der Waals surface area contributed by atoms with E-state index in [2.05, 4.69) is 0 Å². The third-order valence-corrected chi connectivity index (χ3v) is 3.53. The van der Waals surface area contributed by atoms with Crippen molar-refractivity contribution in [3.8, 4) is 0 Å².